The monoisotopic (exact) mass is 474 g/mol. The summed E-state index contributed by atoms with van der Waals surface area (Å²) in [6.45, 7) is 2.24. The third-order valence-corrected chi connectivity index (χ3v) is 6.24. The van der Waals surface area contributed by atoms with E-state index in [1.807, 2.05) is 64.5 Å². The molecule has 0 unspecified atom stereocenters. The minimum atomic E-state index is -0.362. The van der Waals surface area contributed by atoms with Gasteiger partial charge >= 0.3 is 0 Å². The lowest BCUT2D eigenvalue weighted by molar-refractivity contribution is -0.130. The first-order valence-corrected chi connectivity index (χ1v) is 11.4. The lowest BCUT2D eigenvalue weighted by Crippen LogP contribution is -2.49. The molecule has 1 saturated heterocycles. The van der Waals surface area contributed by atoms with E-state index in [9.17, 15) is 9.59 Å². The van der Waals surface area contributed by atoms with E-state index in [0.717, 1.165) is 11.3 Å². The molecule has 0 saturated carbocycles. The minimum absolute atomic E-state index is 0.0518. The summed E-state index contributed by atoms with van der Waals surface area (Å²) in [5.41, 5.74) is 2.71. The highest BCUT2D eigenvalue weighted by molar-refractivity contribution is 6.33. The summed E-state index contributed by atoms with van der Waals surface area (Å²) in [6, 6.07) is 19.0. The molecule has 0 aliphatic carbocycles. The van der Waals surface area contributed by atoms with Gasteiger partial charge in [-0.15, -0.1) is 0 Å². The Morgan fingerprint density at radius 3 is 2.18 bits per heavy atom. The number of carbonyl (C=O) groups excluding carboxylic acids is 1. The van der Waals surface area contributed by atoms with Crippen LogP contribution in [0.2, 0.25) is 5.02 Å². The Hall–Kier alpha value is -3.91. The summed E-state index contributed by atoms with van der Waals surface area (Å²) in [6.07, 6.45) is 5.53. The van der Waals surface area contributed by atoms with E-state index < -0.39 is 0 Å². The first-order valence-electron chi connectivity index (χ1n) is 11.0. The number of hydrogen-bond donors (Lipinski definition) is 0. The molecule has 1 fully saturated rings. The molecule has 2 aromatic carbocycles. The maximum Gasteiger partial charge on any atom is 0.292 e. The zero-order chi connectivity index (χ0) is 23.5. The van der Waals surface area contributed by atoms with E-state index in [2.05, 4.69) is 10.2 Å². The largest absolute Gasteiger partial charge is 0.365 e. The summed E-state index contributed by atoms with van der Waals surface area (Å²) >= 11 is 6.44. The van der Waals surface area contributed by atoms with Crippen LogP contribution in [0.3, 0.4) is 0 Å². The Balaban J connectivity index is 1.22. The molecule has 8 nitrogen and oxygen atoms in total. The fourth-order valence-electron chi connectivity index (χ4n) is 4.05. The van der Waals surface area contributed by atoms with E-state index in [1.54, 1.807) is 29.2 Å². The Morgan fingerprint density at radius 1 is 0.853 bits per heavy atom. The second-order valence-corrected chi connectivity index (χ2v) is 8.45. The molecule has 0 N–H and O–H groups in total. The van der Waals surface area contributed by atoms with Crippen LogP contribution in [0.1, 0.15) is 5.56 Å². The van der Waals surface area contributed by atoms with Crippen LogP contribution in [0.25, 0.3) is 11.4 Å². The van der Waals surface area contributed by atoms with Crippen LogP contribution >= 0.6 is 11.6 Å². The molecule has 0 spiro atoms. The SMILES string of the molecule is O=C(Cc1cnn(-c2ccccc2)c1)N1CCN(c2cnn(-c3ccccc3)c(=O)c2Cl)CC1. The molecule has 1 aliphatic heterocycles. The molecule has 0 atom stereocenters. The number of nitrogens with zero attached hydrogens (tertiary/aromatic N) is 6. The third kappa shape index (κ3) is 4.45. The van der Waals surface area contributed by atoms with Crippen LogP contribution in [-0.4, -0.2) is 56.5 Å². The summed E-state index contributed by atoms with van der Waals surface area (Å²) in [5, 5.41) is 8.81. The standard InChI is InChI=1S/C25H23ClN6O2/c26-24-22(17-28-32(25(24)34)21-9-5-2-6-10-21)29-11-13-30(14-12-29)23(33)15-19-16-27-31(18-19)20-7-3-1-4-8-20/h1-10,16-18H,11-15H2. The molecule has 4 aromatic rings. The highest BCUT2D eigenvalue weighted by atomic mass is 35.5. The molecular formula is C25H23ClN6O2. The minimum Gasteiger partial charge on any atom is -0.365 e. The van der Waals surface area contributed by atoms with Crippen LogP contribution < -0.4 is 10.5 Å². The van der Waals surface area contributed by atoms with Crippen LogP contribution in [0.4, 0.5) is 5.69 Å². The molecule has 1 aliphatic rings. The van der Waals surface area contributed by atoms with Crippen molar-refractivity contribution in [1.82, 2.24) is 24.5 Å². The number of piperazine rings is 1. The van der Waals surface area contributed by atoms with Gasteiger partial charge in [-0.2, -0.15) is 14.9 Å². The Bertz CT molecular complexity index is 1340. The zero-order valence-corrected chi connectivity index (χ0v) is 19.2. The van der Waals surface area contributed by atoms with Gasteiger partial charge in [0.05, 0.1) is 35.9 Å². The van der Waals surface area contributed by atoms with Crippen molar-refractivity contribution in [3.63, 3.8) is 0 Å². The molecule has 0 bridgehead atoms. The first-order chi connectivity index (χ1) is 16.6. The molecule has 0 radical (unpaired) electrons. The number of benzene rings is 2. The van der Waals surface area contributed by atoms with Crippen molar-refractivity contribution in [3.8, 4) is 11.4 Å². The summed E-state index contributed by atoms with van der Waals surface area (Å²) < 4.78 is 3.06. The first kappa shape index (κ1) is 21.9. The van der Waals surface area contributed by atoms with E-state index >= 15 is 0 Å². The van der Waals surface area contributed by atoms with E-state index in [-0.39, 0.29) is 16.5 Å². The second kappa shape index (κ2) is 9.52. The van der Waals surface area contributed by atoms with Crippen LogP contribution in [0, 0.1) is 0 Å². The number of rotatable bonds is 5. The van der Waals surface area contributed by atoms with Crippen molar-refractivity contribution in [2.24, 2.45) is 0 Å². The molecule has 2 aromatic heterocycles. The maximum atomic E-state index is 12.9. The molecule has 1 amide bonds. The average molecular weight is 475 g/mol. The summed E-state index contributed by atoms with van der Waals surface area (Å²) in [7, 11) is 0. The predicted octanol–water partition coefficient (Wildman–Crippen LogP) is 2.96. The maximum absolute atomic E-state index is 12.9. The van der Waals surface area contributed by atoms with Crippen LogP contribution in [-0.2, 0) is 11.2 Å². The second-order valence-electron chi connectivity index (χ2n) is 8.07. The van der Waals surface area contributed by atoms with Crippen molar-refractivity contribution in [2.45, 2.75) is 6.42 Å². The molecule has 5 rings (SSSR count). The van der Waals surface area contributed by atoms with E-state index in [4.69, 9.17) is 11.6 Å². The van der Waals surface area contributed by atoms with E-state index in [1.165, 1.54) is 4.68 Å². The van der Waals surface area contributed by atoms with Gasteiger partial charge in [-0.3, -0.25) is 9.59 Å². The predicted molar refractivity (Wildman–Crippen MR) is 131 cm³/mol. The van der Waals surface area contributed by atoms with Crippen molar-refractivity contribution in [2.75, 3.05) is 31.1 Å². The number of para-hydroxylation sites is 2. The van der Waals surface area contributed by atoms with Gasteiger partial charge in [0.2, 0.25) is 5.91 Å². The lowest BCUT2D eigenvalue weighted by atomic mass is 10.2. The highest BCUT2D eigenvalue weighted by Gasteiger charge is 2.24. The van der Waals surface area contributed by atoms with Crippen molar-refractivity contribution in [3.05, 3.63) is 100 Å². The topological polar surface area (TPSA) is 76.3 Å². The fraction of sp³-hybridized carbons (Fsp3) is 0.200. The summed E-state index contributed by atoms with van der Waals surface area (Å²) in [5.74, 6) is 0.0518. The average Bonchev–Trinajstić information content (AvgIpc) is 3.35. The van der Waals surface area contributed by atoms with Gasteiger partial charge in [-0.25, -0.2) is 4.68 Å². The molecule has 3 heterocycles. The van der Waals surface area contributed by atoms with Gasteiger partial charge in [0.25, 0.3) is 5.56 Å². The number of halogens is 1. The third-order valence-electron chi connectivity index (χ3n) is 5.89. The molecule has 9 heteroatoms. The van der Waals surface area contributed by atoms with Gasteiger partial charge in [0, 0.05) is 32.4 Å². The Labute approximate surface area is 201 Å². The van der Waals surface area contributed by atoms with Gasteiger partial charge in [0.1, 0.15) is 5.02 Å². The number of aromatic nitrogens is 4. The Morgan fingerprint density at radius 2 is 1.50 bits per heavy atom. The number of anilines is 1. The lowest BCUT2D eigenvalue weighted by Gasteiger charge is -2.36. The highest BCUT2D eigenvalue weighted by Crippen LogP contribution is 2.23. The van der Waals surface area contributed by atoms with Crippen molar-refractivity contribution >= 4 is 23.2 Å². The van der Waals surface area contributed by atoms with Gasteiger partial charge in [0.15, 0.2) is 0 Å². The Kier molecular flexibility index (Phi) is 6.14. The summed E-state index contributed by atoms with van der Waals surface area (Å²) in [4.78, 5) is 29.5. The van der Waals surface area contributed by atoms with Gasteiger partial charge in [-0.1, -0.05) is 48.0 Å². The van der Waals surface area contributed by atoms with E-state index in [0.29, 0.717) is 44.0 Å². The number of hydrogen-bond acceptors (Lipinski definition) is 5. The normalized spacial score (nSPS) is 13.8. The molecular weight excluding hydrogens is 452 g/mol. The fourth-order valence-corrected chi connectivity index (χ4v) is 4.30. The van der Waals surface area contributed by atoms with Crippen LogP contribution in [0.15, 0.2) is 84.0 Å². The quantitative estimate of drug-likeness (QED) is 0.444. The zero-order valence-electron chi connectivity index (χ0n) is 18.4. The van der Waals surface area contributed by atoms with Crippen LogP contribution in [0.5, 0.6) is 0 Å². The smallest absolute Gasteiger partial charge is 0.292 e. The van der Waals surface area contributed by atoms with Crippen molar-refractivity contribution < 1.29 is 4.79 Å². The molecule has 34 heavy (non-hydrogen) atoms. The van der Waals surface area contributed by atoms with Crippen molar-refractivity contribution in [1.29, 1.82) is 0 Å². The van der Waals surface area contributed by atoms with Gasteiger partial charge < -0.3 is 9.80 Å². The number of carbonyl (C=O) groups is 1. The molecule has 172 valence electrons. The van der Waals surface area contributed by atoms with Gasteiger partial charge in [-0.05, 0) is 29.8 Å². The number of amides is 1.